The van der Waals surface area contributed by atoms with Crippen LogP contribution in [-0.4, -0.2) is 25.8 Å². The van der Waals surface area contributed by atoms with Crippen molar-refractivity contribution in [1.29, 1.82) is 0 Å². The van der Waals surface area contributed by atoms with Crippen molar-refractivity contribution in [2.45, 2.75) is 25.6 Å². The molecular weight excluding hydrogens is 483 g/mol. The average Bonchev–Trinajstić information content (AvgIpc) is 3.23. The molecule has 3 rings (SSSR count). The lowest BCUT2D eigenvalue weighted by molar-refractivity contribution is 0.0595. The number of halogens is 3. The van der Waals surface area contributed by atoms with Crippen molar-refractivity contribution in [3.05, 3.63) is 44.8 Å². The fraction of sp³-hybridized carbons (Fsp3) is 0.267. The first-order valence-electron chi connectivity index (χ1n) is 7.80. The molecule has 0 saturated heterocycles. The predicted molar refractivity (Wildman–Crippen MR) is 100 cm³/mol. The highest BCUT2D eigenvalue weighted by Crippen LogP contribution is 2.62. The number of nitrogens with zero attached hydrogens (tertiary/aromatic N) is 2. The van der Waals surface area contributed by atoms with E-state index in [2.05, 4.69) is 31.4 Å². The molecule has 1 aromatic carbocycles. The summed E-state index contributed by atoms with van der Waals surface area (Å²) in [5.74, 6) is 0.240. The molecule has 3 aromatic rings. The van der Waals surface area contributed by atoms with Crippen molar-refractivity contribution >= 4 is 50.9 Å². The summed E-state index contributed by atoms with van der Waals surface area (Å²) in [4.78, 5) is 33.5. The fourth-order valence-electron chi connectivity index (χ4n) is 2.30. The SMILES string of the molecule is CCc1nc(CNC(=O)c2ccc3sc(C(F)(F)P(=O)(O)O)c(Br)c3c2)no1. The molecule has 1 amide bonds. The number of fused-ring (bicyclic) bond motifs is 1. The molecule has 0 radical (unpaired) electrons. The van der Waals surface area contributed by atoms with Crippen LogP contribution in [0.15, 0.2) is 27.2 Å². The van der Waals surface area contributed by atoms with Crippen LogP contribution in [0.3, 0.4) is 0 Å². The van der Waals surface area contributed by atoms with E-state index in [1.807, 2.05) is 6.92 Å². The molecule has 2 aromatic heterocycles. The van der Waals surface area contributed by atoms with Gasteiger partial charge in [0.1, 0.15) is 4.88 Å². The first kappa shape index (κ1) is 21.0. The number of amides is 1. The number of carbonyl (C=O) groups is 1. The Kier molecular flexibility index (Phi) is 5.70. The molecular formula is C15H13BrF2N3O5PS. The topological polar surface area (TPSA) is 126 Å². The van der Waals surface area contributed by atoms with Crippen LogP contribution in [0, 0.1) is 0 Å². The van der Waals surface area contributed by atoms with Crippen molar-refractivity contribution in [2.24, 2.45) is 0 Å². The molecule has 0 aliphatic heterocycles. The van der Waals surface area contributed by atoms with E-state index in [1.54, 1.807) is 0 Å². The van der Waals surface area contributed by atoms with Gasteiger partial charge in [-0.3, -0.25) is 9.36 Å². The average molecular weight is 496 g/mol. The molecule has 28 heavy (non-hydrogen) atoms. The third kappa shape index (κ3) is 3.87. The zero-order valence-corrected chi connectivity index (χ0v) is 17.4. The Morgan fingerprint density at radius 3 is 2.75 bits per heavy atom. The summed E-state index contributed by atoms with van der Waals surface area (Å²) in [6, 6.07) is 4.22. The minimum Gasteiger partial charge on any atom is -0.345 e. The Hall–Kier alpha value is -1.72. The maximum absolute atomic E-state index is 14.1. The molecule has 13 heteroatoms. The van der Waals surface area contributed by atoms with E-state index < -0.39 is 24.0 Å². The molecule has 0 bridgehead atoms. The molecule has 0 saturated carbocycles. The van der Waals surface area contributed by atoms with Gasteiger partial charge in [-0.25, -0.2) is 0 Å². The Morgan fingerprint density at radius 2 is 2.14 bits per heavy atom. The summed E-state index contributed by atoms with van der Waals surface area (Å²) in [6.45, 7) is 1.86. The number of hydrogen-bond acceptors (Lipinski definition) is 6. The Labute approximate surface area is 169 Å². The molecule has 0 spiro atoms. The first-order valence-corrected chi connectivity index (χ1v) is 11.0. The molecule has 150 valence electrons. The third-order valence-corrected chi connectivity index (χ3v) is 7.18. The summed E-state index contributed by atoms with van der Waals surface area (Å²) in [7, 11) is -5.70. The number of alkyl halides is 2. The number of carbonyl (C=O) groups excluding carboxylic acids is 1. The van der Waals surface area contributed by atoms with Crippen LogP contribution >= 0.6 is 34.9 Å². The van der Waals surface area contributed by atoms with Gasteiger partial charge < -0.3 is 19.6 Å². The Balaban J connectivity index is 1.86. The van der Waals surface area contributed by atoms with Crippen molar-refractivity contribution in [3.8, 4) is 0 Å². The van der Waals surface area contributed by atoms with E-state index >= 15 is 0 Å². The van der Waals surface area contributed by atoms with Gasteiger partial charge in [-0.1, -0.05) is 12.1 Å². The predicted octanol–water partition coefficient (Wildman–Crippen LogP) is 3.77. The van der Waals surface area contributed by atoms with E-state index in [0.717, 1.165) is 0 Å². The summed E-state index contributed by atoms with van der Waals surface area (Å²) in [5, 5.41) is 6.54. The second kappa shape index (κ2) is 7.60. The number of rotatable bonds is 6. The van der Waals surface area contributed by atoms with Gasteiger partial charge in [0.15, 0.2) is 5.82 Å². The molecule has 2 heterocycles. The molecule has 8 nitrogen and oxygen atoms in total. The molecule has 0 aliphatic rings. The van der Waals surface area contributed by atoms with E-state index in [-0.39, 0.29) is 22.0 Å². The highest BCUT2D eigenvalue weighted by Gasteiger charge is 2.53. The van der Waals surface area contributed by atoms with Gasteiger partial charge in [-0.15, -0.1) is 11.3 Å². The monoisotopic (exact) mass is 495 g/mol. The lowest BCUT2D eigenvalue weighted by atomic mass is 10.1. The number of aromatic nitrogens is 2. The smallest absolute Gasteiger partial charge is 0.345 e. The van der Waals surface area contributed by atoms with Gasteiger partial charge in [-0.2, -0.15) is 13.8 Å². The minimum atomic E-state index is -5.70. The van der Waals surface area contributed by atoms with Crippen LogP contribution in [0.4, 0.5) is 8.78 Å². The second-order valence-corrected chi connectivity index (χ2v) is 9.18. The molecule has 3 N–H and O–H groups in total. The maximum Gasteiger partial charge on any atom is 0.400 e. The second-order valence-electron chi connectivity index (χ2n) is 5.68. The Morgan fingerprint density at radius 1 is 1.43 bits per heavy atom. The number of thiophene rings is 1. The van der Waals surface area contributed by atoms with Crippen molar-refractivity contribution in [1.82, 2.24) is 15.5 Å². The standard InChI is InChI=1S/C15H13BrF2N3O5PS/c1-2-11-20-10(21-26-11)6-19-14(22)7-3-4-9-8(5-7)12(16)13(28-9)15(17,18)27(23,24)25/h3-5H,2,6H2,1H3,(H,19,22)(H2,23,24,25). The van der Waals surface area contributed by atoms with Crippen LogP contribution < -0.4 is 5.32 Å². The summed E-state index contributed by atoms with van der Waals surface area (Å²) >= 11 is 3.51. The summed E-state index contributed by atoms with van der Waals surface area (Å²) in [5.41, 5.74) is -4.16. The number of hydrogen-bond donors (Lipinski definition) is 3. The maximum atomic E-state index is 14.1. The lowest BCUT2D eigenvalue weighted by Crippen LogP contribution is -2.23. The quantitative estimate of drug-likeness (QED) is 0.444. The molecule has 0 atom stereocenters. The van der Waals surface area contributed by atoms with Crippen LogP contribution in [-0.2, 0) is 23.2 Å². The number of nitrogens with one attached hydrogen (secondary N) is 1. The largest absolute Gasteiger partial charge is 0.400 e. The molecule has 0 aliphatic carbocycles. The highest BCUT2D eigenvalue weighted by atomic mass is 79.9. The van der Waals surface area contributed by atoms with E-state index in [4.69, 9.17) is 14.3 Å². The van der Waals surface area contributed by atoms with Gasteiger partial charge in [-0.05, 0) is 34.1 Å². The zero-order chi connectivity index (χ0) is 20.7. The summed E-state index contributed by atoms with van der Waals surface area (Å²) in [6.07, 6.45) is 0.561. The van der Waals surface area contributed by atoms with Crippen LogP contribution in [0.1, 0.15) is 33.9 Å². The van der Waals surface area contributed by atoms with Crippen molar-refractivity contribution < 1.29 is 32.5 Å². The molecule has 0 fully saturated rings. The molecule has 0 unspecified atom stereocenters. The van der Waals surface area contributed by atoms with Crippen LogP contribution in [0.25, 0.3) is 10.1 Å². The first-order chi connectivity index (χ1) is 13.0. The van der Waals surface area contributed by atoms with Gasteiger partial charge >= 0.3 is 13.3 Å². The van der Waals surface area contributed by atoms with Crippen molar-refractivity contribution in [2.75, 3.05) is 0 Å². The van der Waals surface area contributed by atoms with E-state index in [0.29, 0.717) is 34.2 Å². The van der Waals surface area contributed by atoms with E-state index in [9.17, 15) is 18.1 Å². The van der Waals surface area contributed by atoms with Crippen LogP contribution in [0.2, 0.25) is 0 Å². The third-order valence-electron chi connectivity index (χ3n) is 3.75. The number of aryl methyl sites for hydroxylation is 1. The van der Waals surface area contributed by atoms with Gasteiger partial charge in [0.25, 0.3) is 5.91 Å². The fourth-order valence-corrected chi connectivity index (χ4v) is 5.23. The van der Waals surface area contributed by atoms with Crippen LogP contribution in [0.5, 0.6) is 0 Å². The summed E-state index contributed by atoms with van der Waals surface area (Å²) < 4.78 is 44.4. The Bertz CT molecular complexity index is 1100. The number of benzene rings is 1. The zero-order valence-electron chi connectivity index (χ0n) is 14.1. The highest BCUT2D eigenvalue weighted by molar-refractivity contribution is 9.10. The minimum absolute atomic E-state index is 0.0205. The van der Waals surface area contributed by atoms with Gasteiger partial charge in [0.2, 0.25) is 5.89 Å². The lowest BCUT2D eigenvalue weighted by Gasteiger charge is -2.16. The van der Waals surface area contributed by atoms with Gasteiger partial charge in [0.05, 0.1) is 6.54 Å². The normalized spacial score (nSPS) is 12.5. The van der Waals surface area contributed by atoms with Gasteiger partial charge in [0, 0.05) is 26.5 Å². The van der Waals surface area contributed by atoms with E-state index in [1.165, 1.54) is 18.2 Å². The van der Waals surface area contributed by atoms with Crippen molar-refractivity contribution in [3.63, 3.8) is 0 Å².